The van der Waals surface area contributed by atoms with Crippen LogP contribution in [0.25, 0.3) is 0 Å². The molecule has 0 saturated carbocycles. The smallest absolute Gasteiger partial charge is 0.400 e. The molecule has 6 nitrogen and oxygen atoms in total. The van der Waals surface area contributed by atoms with Crippen LogP contribution in [0.15, 0.2) is 12.4 Å². The minimum absolute atomic E-state index is 0.218. The maximum atomic E-state index is 9.77. The van der Waals surface area contributed by atoms with E-state index in [9.17, 15) is 10.1 Å². The Hall–Kier alpha value is -1.43. The molecule has 0 aliphatic carbocycles. The Bertz CT molecular complexity index is 184. The normalized spacial score (nSPS) is 7.80. The maximum Gasteiger partial charge on any atom is 0.432 e. The lowest BCUT2D eigenvalue weighted by Gasteiger charge is -1.83. The molecule has 0 spiro atoms. The molecule has 0 fully saturated rings. The molecule has 6 heteroatoms. The van der Waals surface area contributed by atoms with Gasteiger partial charge in [0.05, 0.1) is 6.20 Å². The molecule has 0 aliphatic rings. The van der Waals surface area contributed by atoms with Crippen molar-refractivity contribution in [3.63, 3.8) is 0 Å². The molecule has 2 N–H and O–H groups in total. The number of hydrogen-bond acceptors (Lipinski definition) is 4. The third-order valence-corrected chi connectivity index (χ3v) is 0.657. The van der Waals surface area contributed by atoms with E-state index in [0.717, 1.165) is 7.11 Å². The molecule has 1 aromatic rings. The zero-order valence-electron chi connectivity index (χ0n) is 5.31. The molecule has 1 aromatic heterocycles. The van der Waals surface area contributed by atoms with Gasteiger partial charge in [-0.05, 0) is 4.92 Å². The average molecular weight is 145 g/mol. The molecule has 0 atom stereocenters. The third kappa shape index (κ3) is 2.23. The minimum Gasteiger partial charge on any atom is -0.400 e. The van der Waals surface area contributed by atoms with Gasteiger partial charge in [-0.1, -0.05) is 4.98 Å². The molecular weight excluding hydrogens is 138 g/mol. The number of aliphatic hydroxyl groups is 1. The summed E-state index contributed by atoms with van der Waals surface area (Å²) in [6, 6.07) is 0. The highest BCUT2D eigenvalue weighted by Crippen LogP contribution is 1.96. The van der Waals surface area contributed by atoms with Crippen LogP contribution in [0.1, 0.15) is 0 Å². The number of hydrogen-bond donors (Lipinski definition) is 2. The van der Waals surface area contributed by atoms with Crippen LogP contribution in [0, 0.1) is 10.1 Å². The predicted octanol–water partition coefficient (Wildman–Crippen LogP) is -0.0736. The van der Waals surface area contributed by atoms with Crippen molar-refractivity contribution in [3.05, 3.63) is 22.5 Å². The van der Waals surface area contributed by atoms with Gasteiger partial charge >= 0.3 is 5.95 Å². The van der Waals surface area contributed by atoms with Crippen LogP contribution in [0.5, 0.6) is 0 Å². The maximum absolute atomic E-state index is 9.77. The molecule has 0 aromatic carbocycles. The highest BCUT2D eigenvalue weighted by atomic mass is 16.6. The van der Waals surface area contributed by atoms with Crippen molar-refractivity contribution in [2.24, 2.45) is 0 Å². The lowest BCUT2D eigenvalue weighted by atomic mass is 11.0. The van der Waals surface area contributed by atoms with E-state index in [2.05, 4.69) is 9.97 Å². The molecule has 1 rings (SSSR count). The number of imidazole rings is 1. The number of aliphatic hydroxyl groups excluding tert-OH is 1. The van der Waals surface area contributed by atoms with Crippen LogP contribution < -0.4 is 0 Å². The monoisotopic (exact) mass is 145 g/mol. The van der Waals surface area contributed by atoms with E-state index in [4.69, 9.17) is 5.11 Å². The Kier molecular flexibility index (Phi) is 3.81. The highest BCUT2D eigenvalue weighted by molar-refractivity contribution is 5.00. The number of aromatic amines is 1. The highest BCUT2D eigenvalue weighted by Gasteiger charge is 2.01. The predicted molar refractivity (Wildman–Crippen MR) is 33.4 cm³/mol. The zero-order valence-corrected chi connectivity index (χ0v) is 5.31. The largest absolute Gasteiger partial charge is 0.432 e. The number of nitrogens with zero attached hydrogens (tertiary/aromatic N) is 2. The third-order valence-electron chi connectivity index (χ3n) is 0.657. The summed E-state index contributed by atoms with van der Waals surface area (Å²) < 4.78 is 0. The summed E-state index contributed by atoms with van der Waals surface area (Å²) in [4.78, 5) is 14.9. The average Bonchev–Trinajstić information content (AvgIpc) is 2.42. The van der Waals surface area contributed by atoms with Crippen molar-refractivity contribution >= 4 is 5.95 Å². The zero-order chi connectivity index (χ0) is 7.98. The molecular formula is C4H7N3O3. The van der Waals surface area contributed by atoms with E-state index in [1.54, 1.807) is 0 Å². The van der Waals surface area contributed by atoms with Gasteiger partial charge < -0.3 is 15.2 Å². The van der Waals surface area contributed by atoms with Gasteiger partial charge in [0, 0.05) is 7.11 Å². The van der Waals surface area contributed by atoms with Gasteiger partial charge in [0.1, 0.15) is 6.20 Å². The van der Waals surface area contributed by atoms with Crippen molar-refractivity contribution in [3.8, 4) is 0 Å². The van der Waals surface area contributed by atoms with E-state index in [1.165, 1.54) is 12.4 Å². The fourth-order valence-corrected chi connectivity index (χ4v) is 0.357. The molecule has 0 radical (unpaired) electrons. The molecule has 0 unspecified atom stereocenters. The summed E-state index contributed by atoms with van der Waals surface area (Å²) in [5, 5.41) is 16.8. The second-order valence-electron chi connectivity index (χ2n) is 1.17. The summed E-state index contributed by atoms with van der Waals surface area (Å²) in [6.45, 7) is 0. The molecule has 0 amide bonds. The Morgan fingerprint density at radius 1 is 1.80 bits per heavy atom. The van der Waals surface area contributed by atoms with Crippen molar-refractivity contribution in [1.29, 1.82) is 0 Å². The molecule has 0 saturated heterocycles. The van der Waals surface area contributed by atoms with Gasteiger partial charge in [0.25, 0.3) is 0 Å². The Morgan fingerprint density at radius 2 is 2.40 bits per heavy atom. The topological polar surface area (TPSA) is 92.0 Å². The van der Waals surface area contributed by atoms with Crippen LogP contribution in [-0.2, 0) is 0 Å². The Morgan fingerprint density at radius 3 is 2.60 bits per heavy atom. The van der Waals surface area contributed by atoms with Crippen LogP contribution >= 0.6 is 0 Å². The van der Waals surface area contributed by atoms with E-state index in [0.29, 0.717) is 0 Å². The lowest BCUT2D eigenvalue weighted by molar-refractivity contribution is -0.393. The van der Waals surface area contributed by atoms with Crippen LogP contribution in [0.4, 0.5) is 5.95 Å². The SMILES string of the molecule is CO.O=[N+]([O-])c1ncc[nH]1. The first-order chi connectivity index (χ1) is 4.80. The summed E-state index contributed by atoms with van der Waals surface area (Å²) in [5.41, 5.74) is 0. The van der Waals surface area contributed by atoms with Crippen molar-refractivity contribution in [2.75, 3.05) is 7.11 Å². The molecule has 10 heavy (non-hydrogen) atoms. The van der Waals surface area contributed by atoms with Gasteiger partial charge in [0.15, 0.2) is 0 Å². The molecule has 0 bridgehead atoms. The number of rotatable bonds is 1. The number of H-pyrrole nitrogens is 1. The summed E-state index contributed by atoms with van der Waals surface area (Å²) in [6.07, 6.45) is 2.73. The lowest BCUT2D eigenvalue weighted by Crippen LogP contribution is -1.88. The molecule has 0 aliphatic heterocycles. The Balaban J connectivity index is 0.000000371. The van der Waals surface area contributed by atoms with Gasteiger partial charge in [-0.2, -0.15) is 0 Å². The fourth-order valence-electron chi connectivity index (χ4n) is 0.357. The second-order valence-corrected chi connectivity index (χ2v) is 1.17. The van der Waals surface area contributed by atoms with Crippen molar-refractivity contribution < 1.29 is 10.0 Å². The van der Waals surface area contributed by atoms with Gasteiger partial charge in [0.2, 0.25) is 0 Å². The first-order valence-corrected chi connectivity index (χ1v) is 2.39. The van der Waals surface area contributed by atoms with E-state index in [1.807, 2.05) is 0 Å². The van der Waals surface area contributed by atoms with Crippen molar-refractivity contribution in [2.45, 2.75) is 0 Å². The Labute approximate surface area is 56.7 Å². The van der Waals surface area contributed by atoms with E-state index < -0.39 is 4.92 Å². The number of nitrogens with one attached hydrogen (secondary N) is 1. The molecule has 1 heterocycles. The van der Waals surface area contributed by atoms with Crippen LogP contribution in [-0.4, -0.2) is 27.1 Å². The first-order valence-electron chi connectivity index (χ1n) is 2.39. The molecule has 56 valence electrons. The standard InChI is InChI=1S/C3H3N3O2.CH4O/c7-6(8)3-4-1-2-5-3;1-2/h1-2H,(H,4,5);2H,1H3. The van der Waals surface area contributed by atoms with Crippen LogP contribution in [0.2, 0.25) is 0 Å². The van der Waals surface area contributed by atoms with Crippen molar-refractivity contribution in [1.82, 2.24) is 9.97 Å². The van der Waals surface area contributed by atoms with E-state index >= 15 is 0 Å². The number of nitro groups is 1. The minimum atomic E-state index is -0.583. The summed E-state index contributed by atoms with van der Waals surface area (Å²) >= 11 is 0. The summed E-state index contributed by atoms with van der Waals surface area (Å²) in [5.74, 6) is -0.218. The fraction of sp³-hybridized carbons (Fsp3) is 0.250. The summed E-state index contributed by atoms with van der Waals surface area (Å²) in [7, 11) is 1.00. The second kappa shape index (κ2) is 4.45. The quantitative estimate of drug-likeness (QED) is 0.427. The van der Waals surface area contributed by atoms with Crippen LogP contribution in [0.3, 0.4) is 0 Å². The van der Waals surface area contributed by atoms with E-state index in [-0.39, 0.29) is 5.95 Å². The van der Waals surface area contributed by atoms with Gasteiger partial charge in [-0.25, -0.2) is 4.98 Å². The number of aromatic nitrogens is 2. The first kappa shape index (κ1) is 8.57. The van der Waals surface area contributed by atoms with Gasteiger partial charge in [-0.15, -0.1) is 0 Å². The van der Waals surface area contributed by atoms with Gasteiger partial charge in [-0.3, -0.25) is 0 Å².